The zero-order valence-corrected chi connectivity index (χ0v) is 15.8. The number of carbonyl (C=O) groups excluding carboxylic acids is 1. The van der Waals surface area contributed by atoms with E-state index in [-0.39, 0.29) is 18.4 Å². The Bertz CT molecular complexity index is 727. The maximum absolute atomic E-state index is 12.4. The van der Waals surface area contributed by atoms with Gasteiger partial charge < -0.3 is 20.1 Å². The average molecular weight is 368 g/mol. The number of aliphatic hydroxyl groups is 1. The van der Waals surface area contributed by atoms with E-state index >= 15 is 0 Å². The largest absolute Gasteiger partial charge is 0.491 e. The minimum Gasteiger partial charge on any atom is -0.491 e. The minimum atomic E-state index is -0.542. The summed E-state index contributed by atoms with van der Waals surface area (Å²) in [7, 11) is 0. The number of rotatable bonds is 7. The maximum Gasteiger partial charge on any atom is 0.227 e. The molecule has 0 radical (unpaired) electrons. The molecular formula is C22H28N2O3. The SMILES string of the molecule is Cc1ccccc1OCC(O)CN1CCC(C(=O)Nc2ccccc2)CC1. The lowest BCUT2D eigenvalue weighted by molar-refractivity contribution is -0.121. The summed E-state index contributed by atoms with van der Waals surface area (Å²) < 4.78 is 5.73. The molecule has 0 spiro atoms. The van der Waals surface area contributed by atoms with Crippen LogP contribution in [0.15, 0.2) is 54.6 Å². The van der Waals surface area contributed by atoms with Crippen LogP contribution in [0.5, 0.6) is 5.75 Å². The smallest absolute Gasteiger partial charge is 0.227 e. The van der Waals surface area contributed by atoms with Crippen molar-refractivity contribution in [2.75, 3.05) is 31.6 Å². The number of β-amino-alcohol motifs (C(OH)–C–C–N with tert-alkyl or cyclic N) is 1. The summed E-state index contributed by atoms with van der Waals surface area (Å²) in [5, 5.41) is 13.3. The van der Waals surface area contributed by atoms with Crippen LogP contribution in [0.25, 0.3) is 0 Å². The summed E-state index contributed by atoms with van der Waals surface area (Å²) in [6, 6.07) is 17.4. The van der Waals surface area contributed by atoms with Gasteiger partial charge in [0.15, 0.2) is 0 Å². The van der Waals surface area contributed by atoms with Crippen LogP contribution in [-0.2, 0) is 4.79 Å². The van der Waals surface area contributed by atoms with Gasteiger partial charge in [-0.3, -0.25) is 4.79 Å². The number of hydrogen-bond donors (Lipinski definition) is 2. The Labute approximate surface area is 161 Å². The van der Waals surface area contributed by atoms with Crippen LogP contribution in [-0.4, -0.2) is 48.3 Å². The fraction of sp³-hybridized carbons (Fsp3) is 0.409. The van der Waals surface area contributed by atoms with Gasteiger partial charge in [0.25, 0.3) is 0 Å². The van der Waals surface area contributed by atoms with E-state index in [1.807, 2.05) is 61.5 Å². The first-order chi connectivity index (χ1) is 13.1. The number of ether oxygens (including phenoxy) is 1. The van der Waals surface area contributed by atoms with Gasteiger partial charge in [-0.1, -0.05) is 36.4 Å². The number of anilines is 1. The summed E-state index contributed by atoms with van der Waals surface area (Å²) in [5.74, 6) is 0.930. The van der Waals surface area contributed by atoms with E-state index in [0.717, 1.165) is 42.9 Å². The molecule has 1 saturated heterocycles. The zero-order chi connectivity index (χ0) is 19.1. The number of benzene rings is 2. The number of aryl methyl sites for hydroxylation is 1. The standard InChI is InChI=1S/C22H28N2O3/c1-17-7-5-6-10-21(17)27-16-20(25)15-24-13-11-18(12-14-24)22(26)23-19-8-3-2-4-9-19/h2-10,18,20,25H,11-16H2,1H3,(H,23,26). The van der Waals surface area contributed by atoms with E-state index in [1.165, 1.54) is 0 Å². The van der Waals surface area contributed by atoms with Crippen molar-refractivity contribution in [1.29, 1.82) is 0 Å². The van der Waals surface area contributed by atoms with Crippen LogP contribution in [0.4, 0.5) is 5.69 Å². The Morgan fingerprint density at radius 3 is 2.52 bits per heavy atom. The molecule has 2 aromatic rings. The van der Waals surface area contributed by atoms with Gasteiger partial charge in [-0.25, -0.2) is 0 Å². The molecule has 3 rings (SSSR count). The molecule has 1 atom stereocenters. The highest BCUT2D eigenvalue weighted by Gasteiger charge is 2.26. The number of hydrogen-bond acceptors (Lipinski definition) is 4. The Balaban J connectivity index is 1.38. The Hall–Kier alpha value is -2.37. The number of piperidine rings is 1. The summed E-state index contributed by atoms with van der Waals surface area (Å²) in [6.45, 7) is 4.47. The van der Waals surface area contributed by atoms with Crippen molar-refractivity contribution in [2.45, 2.75) is 25.9 Å². The van der Waals surface area contributed by atoms with Crippen LogP contribution >= 0.6 is 0 Å². The normalized spacial score (nSPS) is 16.7. The summed E-state index contributed by atoms with van der Waals surface area (Å²) in [4.78, 5) is 14.6. The number of nitrogens with zero attached hydrogens (tertiary/aromatic N) is 1. The van der Waals surface area contributed by atoms with E-state index in [1.54, 1.807) is 0 Å². The van der Waals surface area contributed by atoms with E-state index in [4.69, 9.17) is 4.74 Å². The number of aliphatic hydroxyl groups excluding tert-OH is 1. The lowest BCUT2D eigenvalue weighted by Crippen LogP contribution is -2.42. The van der Waals surface area contributed by atoms with E-state index in [0.29, 0.717) is 6.54 Å². The Kier molecular flexibility index (Phi) is 6.85. The second-order valence-corrected chi connectivity index (χ2v) is 7.16. The van der Waals surface area contributed by atoms with Crippen LogP contribution in [0.1, 0.15) is 18.4 Å². The molecule has 27 heavy (non-hydrogen) atoms. The number of amides is 1. The third kappa shape index (κ3) is 5.81. The molecule has 1 fully saturated rings. The van der Waals surface area contributed by atoms with E-state index in [2.05, 4.69) is 10.2 Å². The number of para-hydroxylation sites is 2. The lowest BCUT2D eigenvalue weighted by atomic mass is 9.95. The van der Waals surface area contributed by atoms with Gasteiger partial charge in [0, 0.05) is 18.2 Å². The predicted molar refractivity (Wildman–Crippen MR) is 107 cm³/mol. The van der Waals surface area contributed by atoms with E-state index < -0.39 is 6.10 Å². The van der Waals surface area contributed by atoms with E-state index in [9.17, 15) is 9.90 Å². The first kappa shape index (κ1) is 19.4. The predicted octanol–water partition coefficient (Wildman–Crippen LogP) is 3.09. The molecule has 0 aliphatic carbocycles. The molecule has 2 aromatic carbocycles. The van der Waals surface area contributed by atoms with Gasteiger partial charge in [0.1, 0.15) is 18.5 Å². The molecule has 1 aliphatic heterocycles. The minimum absolute atomic E-state index is 0.0295. The molecule has 1 heterocycles. The van der Waals surface area contributed by atoms with Crippen molar-refractivity contribution >= 4 is 11.6 Å². The molecule has 0 saturated carbocycles. The first-order valence-corrected chi connectivity index (χ1v) is 9.56. The van der Waals surface area contributed by atoms with Crippen LogP contribution in [0, 0.1) is 12.8 Å². The fourth-order valence-corrected chi connectivity index (χ4v) is 3.40. The number of likely N-dealkylation sites (tertiary alicyclic amines) is 1. The van der Waals surface area contributed by atoms with Crippen LogP contribution < -0.4 is 10.1 Å². The van der Waals surface area contributed by atoms with Gasteiger partial charge in [0.2, 0.25) is 5.91 Å². The Morgan fingerprint density at radius 1 is 1.15 bits per heavy atom. The average Bonchev–Trinajstić information content (AvgIpc) is 2.69. The highest BCUT2D eigenvalue weighted by Crippen LogP contribution is 2.20. The van der Waals surface area contributed by atoms with Gasteiger partial charge >= 0.3 is 0 Å². The van der Waals surface area contributed by atoms with Crippen LogP contribution in [0.2, 0.25) is 0 Å². The molecule has 1 amide bonds. The quantitative estimate of drug-likeness (QED) is 0.788. The molecular weight excluding hydrogens is 340 g/mol. The highest BCUT2D eigenvalue weighted by molar-refractivity contribution is 5.92. The molecule has 5 heteroatoms. The second kappa shape index (κ2) is 9.53. The fourth-order valence-electron chi connectivity index (χ4n) is 3.40. The van der Waals surface area contributed by atoms with Gasteiger partial charge in [-0.2, -0.15) is 0 Å². The third-order valence-electron chi connectivity index (χ3n) is 4.99. The van der Waals surface area contributed by atoms with Crippen molar-refractivity contribution < 1.29 is 14.6 Å². The number of carbonyl (C=O) groups is 1. The third-order valence-corrected chi connectivity index (χ3v) is 4.99. The summed E-state index contributed by atoms with van der Waals surface area (Å²) in [6.07, 6.45) is 1.08. The molecule has 1 aliphatic rings. The first-order valence-electron chi connectivity index (χ1n) is 9.56. The summed E-state index contributed by atoms with van der Waals surface area (Å²) in [5.41, 5.74) is 1.91. The lowest BCUT2D eigenvalue weighted by Gasteiger charge is -2.32. The molecule has 5 nitrogen and oxygen atoms in total. The number of nitrogens with one attached hydrogen (secondary N) is 1. The monoisotopic (exact) mass is 368 g/mol. The van der Waals surface area contributed by atoms with Crippen LogP contribution in [0.3, 0.4) is 0 Å². The van der Waals surface area contributed by atoms with Gasteiger partial charge in [0.05, 0.1) is 0 Å². The summed E-state index contributed by atoms with van der Waals surface area (Å²) >= 11 is 0. The topological polar surface area (TPSA) is 61.8 Å². The van der Waals surface area contributed by atoms with Gasteiger partial charge in [-0.15, -0.1) is 0 Å². The molecule has 0 bridgehead atoms. The Morgan fingerprint density at radius 2 is 1.81 bits per heavy atom. The van der Waals surface area contributed by atoms with Crippen molar-refractivity contribution in [3.8, 4) is 5.75 Å². The second-order valence-electron chi connectivity index (χ2n) is 7.16. The van der Waals surface area contributed by atoms with Gasteiger partial charge in [-0.05, 0) is 56.6 Å². The van der Waals surface area contributed by atoms with Crippen molar-refractivity contribution in [3.63, 3.8) is 0 Å². The molecule has 2 N–H and O–H groups in total. The molecule has 1 unspecified atom stereocenters. The highest BCUT2D eigenvalue weighted by atomic mass is 16.5. The van der Waals surface area contributed by atoms with Crippen molar-refractivity contribution in [2.24, 2.45) is 5.92 Å². The molecule has 144 valence electrons. The zero-order valence-electron chi connectivity index (χ0n) is 15.8. The molecule has 0 aromatic heterocycles. The van der Waals surface area contributed by atoms with Crippen molar-refractivity contribution in [1.82, 2.24) is 4.90 Å². The van der Waals surface area contributed by atoms with Crippen molar-refractivity contribution in [3.05, 3.63) is 60.2 Å². The maximum atomic E-state index is 12.4.